The zero-order valence-corrected chi connectivity index (χ0v) is 12.7. The van der Waals surface area contributed by atoms with Gasteiger partial charge in [0.15, 0.2) is 0 Å². The van der Waals surface area contributed by atoms with E-state index in [-0.39, 0.29) is 11.7 Å². The van der Waals surface area contributed by atoms with Crippen LogP contribution in [0.4, 0.5) is 0 Å². The Hall–Kier alpha value is -0.130. The van der Waals surface area contributed by atoms with Gasteiger partial charge in [0.1, 0.15) is 0 Å². The number of rotatable bonds is 4. The quantitative estimate of drug-likeness (QED) is 0.804. The minimum atomic E-state index is -3.29. The predicted octanol–water partition coefficient (Wildman–Crippen LogP) is 1.96. The van der Waals surface area contributed by atoms with E-state index in [1.807, 2.05) is 0 Å². The topological polar surface area (TPSA) is 63.4 Å². The van der Waals surface area contributed by atoms with Gasteiger partial charge in [-0.05, 0) is 50.6 Å². The highest BCUT2D eigenvalue weighted by Gasteiger charge is 2.24. The first-order valence-electron chi connectivity index (χ1n) is 7.76. The molecular formula is C14H28N2O2S. The van der Waals surface area contributed by atoms with Crippen LogP contribution < -0.4 is 5.14 Å². The fourth-order valence-electron chi connectivity index (χ4n) is 3.58. The van der Waals surface area contributed by atoms with Crippen LogP contribution in [0.25, 0.3) is 0 Å². The SMILES string of the molecule is NS(=O)(=O)CC1CCN(CC2CCCCCC2)CC1. The van der Waals surface area contributed by atoms with Crippen molar-refractivity contribution in [3.8, 4) is 0 Å². The molecule has 0 bridgehead atoms. The Morgan fingerprint density at radius 2 is 1.47 bits per heavy atom. The third-order valence-corrected chi connectivity index (χ3v) is 5.60. The van der Waals surface area contributed by atoms with E-state index < -0.39 is 10.0 Å². The van der Waals surface area contributed by atoms with E-state index in [4.69, 9.17) is 5.14 Å². The van der Waals surface area contributed by atoms with Crippen molar-refractivity contribution in [3.63, 3.8) is 0 Å². The fraction of sp³-hybridized carbons (Fsp3) is 1.00. The van der Waals surface area contributed by atoms with E-state index in [1.165, 1.54) is 45.1 Å². The van der Waals surface area contributed by atoms with Crippen LogP contribution in [-0.2, 0) is 10.0 Å². The van der Waals surface area contributed by atoms with Gasteiger partial charge >= 0.3 is 0 Å². The van der Waals surface area contributed by atoms with Crippen LogP contribution in [0.5, 0.6) is 0 Å². The van der Waals surface area contributed by atoms with Crippen molar-refractivity contribution in [2.75, 3.05) is 25.4 Å². The maximum absolute atomic E-state index is 11.1. The Morgan fingerprint density at radius 3 is 2.00 bits per heavy atom. The number of piperidine rings is 1. The van der Waals surface area contributed by atoms with Crippen LogP contribution in [-0.4, -0.2) is 38.7 Å². The van der Waals surface area contributed by atoms with Crippen LogP contribution >= 0.6 is 0 Å². The number of nitrogens with two attached hydrogens (primary N) is 1. The Labute approximate surface area is 117 Å². The molecule has 0 atom stereocenters. The monoisotopic (exact) mass is 288 g/mol. The minimum Gasteiger partial charge on any atom is -0.303 e. The molecule has 2 aliphatic rings. The first-order valence-corrected chi connectivity index (χ1v) is 9.47. The normalized spacial score (nSPS) is 25.3. The molecule has 1 heterocycles. The number of hydrogen-bond donors (Lipinski definition) is 1. The standard InChI is InChI=1S/C14H28N2O2S/c15-19(17,18)12-14-7-9-16(10-8-14)11-13-5-3-1-2-4-6-13/h13-14H,1-12H2,(H2,15,17,18). The van der Waals surface area contributed by atoms with Crippen molar-refractivity contribution in [3.05, 3.63) is 0 Å². The molecule has 0 aromatic carbocycles. The number of sulfonamides is 1. The van der Waals surface area contributed by atoms with Crippen molar-refractivity contribution < 1.29 is 8.42 Å². The Kier molecular flexibility index (Phi) is 5.66. The van der Waals surface area contributed by atoms with Gasteiger partial charge in [0.05, 0.1) is 5.75 Å². The van der Waals surface area contributed by atoms with Crippen LogP contribution in [0.1, 0.15) is 51.4 Å². The second-order valence-electron chi connectivity index (χ2n) is 6.43. The summed E-state index contributed by atoms with van der Waals surface area (Å²) in [5.74, 6) is 1.32. The van der Waals surface area contributed by atoms with Crippen molar-refractivity contribution in [2.24, 2.45) is 17.0 Å². The van der Waals surface area contributed by atoms with Crippen LogP contribution in [0.3, 0.4) is 0 Å². The summed E-state index contributed by atoms with van der Waals surface area (Å²) in [5, 5.41) is 5.13. The fourth-order valence-corrected chi connectivity index (χ4v) is 4.57. The molecule has 0 aromatic rings. The zero-order valence-electron chi connectivity index (χ0n) is 11.9. The molecule has 0 unspecified atom stereocenters. The Bertz CT molecular complexity index is 354. The van der Waals surface area contributed by atoms with E-state index >= 15 is 0 Å². The maximum Gasteiger partial charge on any atom is 0.209 e. The molecule has 0 radical (unpaired) electrons. The van der Waals surface area contributed by atoms with Gasteiger partial charge in [-0.15, -0.1) is 0 Å². The van der Waals surface area contributed by atoms with Gasteiger partial charge in [-0.3, -0.25) is 0 Å². The lowest BCUT2D eigenvalue weighted by Crippen LogP contribution is -2.39. The summed E-state index contributed by atoms with van der Waals surface area (Å²) >= 11 is 0. The third-order valence-electron chi connectivity index (χ3n) is 4.67. The Balaban J connectivity index is 1.70. The first kappa shape index (κ1) is 15.3. The van der Waals surface area contributed by atoms with Gasteiger partial charge in [0, 0.05) is 6.54 Å². The molecule has 112 valence electrons. The van der Waals surface area contributed by atoms with Crippen molar-refractivity contribution in [2.45, 2.75) is 51.4 Å². The maximum atomic E-state index is 11.1. The summed E-state index contributed by atoms with van der Waals surface area (Å²) in [5.41, 5.74) is 0. The molecule has 2 fully saturated rings. The van der Waals surface area contributed by atoms with E-state index in [9.17, 15) is 8.42 Å². The second kappa shape index (κ2) is 7.04. The van der Waals surface area contributed by atoms with Crippen LogP contribution in [0, 0.1) is 11.8 Å². The molecule has 1 saturated heterocycles. The summed E-state index contributed by atoms with van der Waals surface area (Å²) < 4.78 is 22.2. The van der Waals surface area contributed by atoms with E-state index in [1.54, 1.807) is 0 Å². The summed E-state index contributed by atoms with van der Waals surface area (Å²) in [4.78, 5) is 2.54. The summed E-state index contributed by atoms with van der Waals surface area (Å²) in [6.07, 6.45) is 10.4. The summed E-state index contributed by atoms with van der Waals surface area (Å²) in [6.45, 7) is 3.33. The highest BCUT2D eigenvalue weighted by atomic mass is 32.2. The molecule has 0 amide bonds. The van der Waals surface area contributed by atoms with Crippen LogP contribution in [0.15, 0.2) is 0 Å². The minimum absolute atomic E-state index is 0.171. The van der Waals surface area contributed by atoms with E-state index in [0.29, 0.717) is 0 Å². The molecule has 0 spiro atoms. The number of likely N-dealkylation sites (tertiary alicyclic amines) is 1. The van der Waals surface area contributed by atoms with Gasteiger partial charge in [-0.2, -0.15) is 0 Å². The molecule has 4 nitrogen and oxygen atoms in total. The molecular weight excluding hydrogens is 260 g/mol. The van der Waals surface area contributed by atoms with Crippen molar-refractivity contribution in [1.29, 1.82) is 0 Å². The number of nitrogens with zero attached hydrogens (tertiary/aromatic N) is 1. The van der Waals surface area contributed by atoms with E-state index in [2.05, 4.69) is 4.90 Å². The summed E-state index contributed by atoms with van der Waals surface area (Å²) in [6, 6.07) is 0. The third kappa shape index (κ3) is 5.79. The van der Waals surface area contributed by atoms with Gasteiger partial charge in [0.25, 0.3) is 0 Å². The number of primary sulfonamides is 1. The number of hydrogen-bond acceptors (Lipinski definition) is 3. The molecule has 1 aliphatic carbocycles. The van der Waals surface area contributed by atoms with Crippen molar-refractivity contribution >= 4 is 10.0 Å². The molecule has 5 heteroatoms. The lowest BCUT2D eigenvalue weighted by atomic mass is 9.95. The summed E-state index contributed by atoms with van der Waals surface area (Å²) in [7, 11) is -3.29. The van der Waals surface area contributed by atoms with Gasteiger partial charge < -0.3 is 4.90 Å². The highest BCUT2D eigenvalue weighted by molar-refractivity contribution is 7.89. The molecule has 1 saturated carbocycles. The van der Waals surface area contributed by atoms with E-state index in [0.717, 1.165) is 31.8 Å². The highest BCUT2D eigenvalue weighted by Crippen LogP contribution is 2.26. The molecule has 19 heavy (non-hydrogen) atoms. The lowest BCUT2D eigenvalue weighted by molar-refractivity contribution is 0.161. The second-order valence-corrected chi connectivity index (χ2v) is 8.09. The molecule has 2 rings (SSSR count). The Morgan fingerprint density at radius 1 is 0.895 bits per heavy atom. The van der Waals surface area contributed by atoms with Gasteiger partial charge in [-0.1, -0.05) is 25.7 Å². The average molecular weight is 288 g/mol. The van der Waals surface area contributed by atoms with Gasteiger partial charge in [-0.25, -0.2) is 13.6 Å². The van der Waals surface area contributed by atoms with Crippen molar-refractivity contribution in [1.82, 2.24) is 4.90 Å². The smallest absolute Gasteiger partial charge is 0.209 e. The average Bonchev–Trinajstić information content (AvgIpc) is 2.58. The largest absolute Gasteiger partial charge is 0.303 e. The lowest BCUT2D eigenvalue weighted by Gasteiger charge is -2.33. The van der Waals surface area contributed by atoms with Gasteiger partial charge in [0.2, 0.25) is 10.0 Å². The molecule has 0 aromatic heterocycles. The predicted molar refractivity (Wildman–Crippen MR) is 78.3 cm³/mol. The first-order chi connectivity index (χ1) is 9.03. The molecule has 1 aliphatic heterocycles. The molecule has 2 N–H and O–H groups in total. The zero-order chi connectivity index (χ0) is 13.7. The van der Waals surface area contributed by atoms with Crippen LogP contribution in [0.2, 0.25) is 0 Å².